The Bertz CT molecular complexity index is 398. The van der Waals surface area contributed by atoms with E-state index in [0.29, 0.717) is 5.38 Å². The van der Waals surface area contributed by atoms with Crippen LogP contribution < -0.4 is 0 Å². The number of halogens is 1. The summed E-state index contributed by atoms with van der Waals surface area (Å²) in [5.41, 5.74) is 5.69. The first-order valence-electron chi connectivity index (χ1n) is 6.85. The Balaban J connectivity index is 1.96. The van der Waals surface area contributed by atoms with E-state index in [1.165, 1.54) is 41.6 Å². The van der Waals surface area contributed by atoms with Crippen LogP contribution in [0.25, 0.3) is 0 Å². The number of hydrogen-bond donors (Lipinski definition) is 0. The van der Waals surface area contributed by atoms with Crippen molar-refractivity contribution in [1.82, 2.24) is 4.90 Å². The van der Waals surface area contributed by atoms with E-state index in [-0.39, 0.29) is 0 Å². The van der Waals surface area contributed by atoms with Gasteiger partial charge < -0.3 is 4.90 Å². The zero-order valence-corrected chi connectivity index (χ0v) is 12.7. The molecule has 1 aromatic carbocycles. The Kier molecular flexibility index (Phi) is 4.34. The Labute approximate surface area is 116 Å². The molecule has 1 saturated carbocycles. The van der Waals surface area contributed by atoms with Crippen molar-refractivity contribution in [3.05, 3.63) is 34.4 Å². The molecule has 0 saturated heterocycles. The van der Waals surface area contributed by atoms with E-state index >= 15 is 0 Å². The number of hydrogen-bond acceptors (Lipinski definition) is 1. The van der Waals surface area contributed by atoms with E-state index in [0.717, 1.165) is 12.5 Å². The smallest absolute Gasteiger partial charge is 0.0342 e. The van der Waals surface area contributed by atoms with Gasteiger partial charge in [-0.2, -0.15) is 0 Å². The Hall–Kier alpha value is -0.530. The monoisotopic (exact) mass is 265 g/mol. The highest BCUT2D eigenvalue weighted by molar-refractivity contribution is 6.21. The summed E-state index contributed by atoms with van der Waals surface area (Å²) < 4.78 is 0. The molecule has 0 radical (unpaired) electrons. The van der Waals surface area contributed by atoms with Crippen LogP contribution >= 0.6 is 11.6 Å². The quantitative estimate of drug-likeness (QED) is 0.742. The van der Waals surface area contributed by atoms with Crippen LogP contribution in [0, 0.1) is 26.7 Å². The molecule has 1 aliphatic rings. The van der Waals surface area contributed by atoms with Gasteiger partial charge in [0.2, 0.25) is 0 Å². The highest BCUT2D eigenvalue weighted by atomic mass is 35.5. The summed E-state index contributed by atoms with van der Waals surface area (Å²) >= 11 is 6.04. The van der Waals surface area contributed by atoms with Crippen molar-refractivity contribution in [3.8, 4) is 0 Å². The van der Waals surface area contributed by atoms with Gasteiger partial charge in [0.25, 0.3) is 0 Å². The van der Waals surface area contributed by atoms with E-state index in [1.807, 2.05) is 0 Å². The van der Waals surface area contributed by atoms with Crippen LogP contribution in [0.15, 0.2) is 12.1 Å². The van der Waals surface area contributed by atoms with E-state index in [2.05, 4.69) is 44.9 Å². The third kappa shape index (κ3) is 3.27. The molecule has 0 N–H and O–H groups in total. The summed E-state index contributed by atoms with van der Waals surface area (Å²) in [6.07, 6.45) is 2.38. The maximum Gasteiger partial charge on any atom is 0.0342 e. The molecule has 0 amide bonds. The molecule has 1 fully saturated rings. The van der Waals surface area contributed by atoms with Gasteiger partial charge in [0.15, 0.2) is 0 Å². The zero-order chi connectivity index (χ0) is 13.3. The molecule has 0 bridgehead atoms. The predicted molar refractivity (Wildman–Crippen MR) is 79.4 cm³/mol. The van der Waals surface area contributed by atoms with E-state index < -0.39 is 0 Å². The molecule has 0 aliphatic heterocycles. The van der Waals surface area contributed by atoms with Crippen LogP contribution in [-0.4, -0.2) is 23.9 Å². The minimum Gasteiger partial charge on any atom is -0.302 e. The van der Waals surface area contributed by atoms with Crippen molar-refractivity contribution in [1.29, 1.82) is 0 Å². The Morgan fingerprint density at radius 2 is 1.72 bits per heavy atom. The van der Waals surface area contributed by atoms with Crippen LogP contribution in [0.1, 0.15) is 35.1 Å². The molecule has 18 heavy (non-hydrogen) atoms. The Morgan fingerprint density at radius 3 is 2.22 bits per heavy atom. The summed E-state index contributed by atoms with van der Waals surface area (Å²) in [5.74, 6) is 0.809. The van der Waals surface area contributed by atoms with Gasteiger partial charge >= 0.3 is 0 Å². The lowest BCUT2D eigenvalue weighted by molar-refractivity contribution is 0.203. The first-order valence-corrected chi connectivity index (χ1v) is 7.28. The predicted octanol–water partition coefficient (Wildman–Crippen LogP) is 4.06. The second kappa shape index (κ2) is 5.63. The summed E-state index contributed by atoms with van der Waals surface area (Å²) in [6, 6.07) is 4.57. The zero-order valence-electron chi connectivity index (χ0n) is 12.0. The second-order valence-electron chi connectivity index (χ2n) is 6.01. The van der Waals surface area contributed by atoms with Gasteiger partial charge in [-0.3, -0.25) is 0 Å². The molecule has 2 rings (SSSR count). The molecule has 1 aliphatic carbocycles. The number of aryl methyl sites for hydroxylation is 3. The topological polar surface area (TPSA) is 3.24 Å². The standard InChI is InChI=1S/C16H24ClN/c1-11-5-12(2)16(13(3)6-11)10-18(4)9-14-7-15(17)8-14/h5-6,14-15H,7-10H2,1-4H3. The lowest BCUT2D eigenvalue weighted by Crippen LogP contribution is -2.34. The fourth-order valence-corrected chi connectivity index (χ4v) is 3.54. The van der Waals surface area contributed by atoms with Crippen molar-refractivity contribution < 1.29 is 0 Å². The van der Waals surface area contributed by atoms with Gasteiger partial charge in [-0.1, -0.05) is 17.7 Å². The van der Waals surface area contributed by atoms with Crippen molar-refractivity contribution in [2.45, 2.75) is 45.5 Å². The molecule has 1 aromatic rings. The number of benzene rings is 1. The van der Waals surface area contributed by atoms with Gasteiger partial charge in [-0.05, 0) is 63.3 Å². The first kappa shape index (κ1) is 13.9. The molecule has 100 valence electrons. The summed E-state index contributed by atoms with van der Waals surface area (Å²) in [7, 11) is 2.22. The summed E-state index contributed by atoms with van der Waals surface area (Å²) in [6.45, 7) is 8.85. The highest BCUT2D eigenvalue weighted by Gasteiger charge is 2.28. The lowest BCUT2D eigenvalue weighted by Gasteiger charge is -2.34. The minimum absolute atomic E-state index is 0.436. The average Bonchev–Trinajstić information content (AvgIpc) is 2.21. The molecule has 1 nitrogen and oxygen atoms in total. The molecule has 0 aromatic heterocycles. The first-order chi connectivity index (χ1) is 8.45. The van der Waals surface area contributed by atoms with Crippen LogP contribution in [0.3, 0.4) is 0 Å². The largest absolute Gasteiger partial charge is 0.302 e. The van der Waals surface area contributed by atoms with Crippen LogP contribution in [0.4, 0.5) is 0 Å². The lowest BCUT2D eigenvalue weighted by atomic mass is 9.84. The molecular formula is C16H24ClN. The van der Waals surface area contributed by atoms with Crippen LogP contribution in [-0.2, 0) is 6.54 Å². The van der Waals surface area contributed by atoms with E-state index in [1.54, 1.807) is 0 Å². The third-order valence-corrected chi connectivity index (χ3v) is 4.37. The number of nitrogens with zero attached hydrogens (tertiary/aromatic N) is 1. The molecular weight excluding hydrogens is 242 g/mol. The van der Waals surface area contributed by atoms with Gasteiger partial charge in [-0.25, -0.2) is 0 Å². The molecule has 0 spiro atoms. The van der Waals surface area contributed by atoms with Gasteiger partial charge in [0.05, 0.1) is 0 Å². The van der Waals surface area contributed by atoms with E-state index in [9.17, 15) is 0 Å². The maximum atomic E-state index is 6.04. The van der Waals surface area contributed by atoms with Crippen molar-refractivity contribution in [2.24, 2.45) is 5.92 Å². The fourth-order valence-electron chi connectivity index (χ4n) is 3.04. The van der Waals surface area contributed by atoms with Gasteiger partial charge in [0, 0.05) is 18.5 Å². The average molecular weight is 266 g/mol. The van der Waals surface area contributed by atoms with Gasteiger partial charge in [0.1, 0.15) is 0 Å². The summed E-state index contributed by atoms with van der Waals surface area (Å²) in [4.78, 5) is 2.44. The normalized spacial score (nSPS) is 23.2. The van der Waals surface area contributed by atoms with Crippen molar-refractivity contribution in [2.75, 3.05) is 13.6 Å². The Morgan fingerprint density at radius 1 is 1.17 bits per heavy atom. The number of rotatable bonds is 4. The fraction of sp³-hybridized carbons (Fsp3) is 0.625. The molecule has 0 heterocycles. The van der Waals surface area contributed by atoms with Crippen LogP contribution in [0.2, 0.25) is 0 Å². The molecule has 0 unspecified atom stereocenters. The number of alkyl halides is 1. The summed E-state index contributed by atoms with van der Waals surface area (Å²) in [5, 5.41) is 0.436. The van der Waals surface area contributed by atoms with E-state index in [4.69, 9.17) is 11.6 Å². The maximum absolute atomic E-state index is 6.04. The molecule has 0 atom stereocenters. The SMILES string of the molecule is Cc1cc(C)c(CN(C)CC2CC(Cl)C2)c(C)c1. The highest BCUT2D eigenvalue weighted by Crippen LogP contribution is 2.32. The molecule has 2 heteroatoms. The van der Waals surface area contributed by atoms with Gasteiger partial charge in [-0.15, -0.1) is 11.6 Å². The van der Waals surface area contributed by atoms with Crippen molar-refractivity contribution >= 4 is 11.6 Å². The van der Waals surface area contributed by atoms with Crippen LogP contribution in [0.5, 0.6) is 0 Å². The third-order valence-electron chi connectivity index (χ3n) is 4.02. The minimum atomic E-state index is 0.436. The van der Waals surface area contributed by atoms with Crippen molar-refractivity contribution in [3.63, 3.8) is 0 Å². The second-order valence-corrected chi connectivity index (χ2v) is 6.63.